The van der Waals surface area contributed by atoms with Crippen molar-refractivity contribution < 1.29 is 0 Å². The van der Waals surface area contributed by atoms with Gasteiger partial charge in [-0.3, -0.25) is 0 Å². The predicted molar refractivity (Wildman–Crippen MR) is 86.2 cm³/mol. The molecule has 0 spiro atoms. The Bertz CT molecular complexity index is 428. The van der Waals surface area contributed by atoms with Crippen LogP contribution < -0.4 is 10.2 Å². The van der Waals surface area contributed by atoms with E-state index in [-0.39, 0.29) is 0 Å². The molecule has 3 nitrogen and oxygen atoms in total. The minimum atomic E-state index is 0.658. The fourth-order valence-electron chi connectivity index (χ4n) is 3.09. The Balaban J connectivity index is 2.08. The van der Waals surface area contributed by atoms with Gasteiger partial charge in [0.2, 0.25) is 0 Å². The van der Waals surface area contributed by atoms with E-state index in [1.54, 1.807) is 0 Å². The molecular weight excluding hydrogens is 246 g/mol. The van der Waals surface area contributed by atoms with Crippen LogP contribution in [-0.2, 0) is 6.54 Å². The zero-order valence-corrected chi connectivity index (χ0v) is 13.4. The second-order valence-electron chi connectivity index (χ2n) is 6.24. The topological polar surface area (TPSA) is 28.2 Å². The molecule has 20 heavy (non-hydrogen) atoms. The Hall–Kier alpha value is -1.09. The molecule has 0 aliphatic carbocycles. The molecule has 0 amide bonds. The van der Waals surface area contributed by atoms with Crippen molar-refractivity contribution in [1.29, 1.82) is 0 Å². The Labute approximate surface area is 123 Å². The third-order valence-electron chi connectivity index (χ3n) is 4.29. The second-order valence-corrected chi connectivity index (χ2v) is 6.24. The maximum atomic E-state index is 4.85. The van der Waals surface area contributed by atoms with Gasteiger partial charge >= 0.3 is 0 Å². The highest BCUT2D eigenvalue weighted by Crippen LogP contribution is 2.28. The molecular formula is C17H29N3. The molecule has 112 valence electrons. The average Bonchev–Trinajstić information content (AvgIpc) is 2.90. The molecule has 1 saturated heterocycles. The van der Waals surface area contributed by atoms with Crippen molar-refractivity contribution in [3.05, 3.63) is 23.4 Å². The van der Waals surface area contributed by atoms with E-state index < -0.39 is 0 Å². The van der Waals surface area contributed by atoms with Gasteiger partial charge in [-0.05, 0) is 50.3 Å². The molecule has 1 aromatic rings. The highest BCUT2D eigenvalue weighted by molar-refractivity contribution is 5.44. The largest absolute Gasteiger partial charge is 0.353 e. The lowest BCUT2D eigenvalue weighted by molar-refractivity contribution is 0.489. The lowest BCUT2D eigenvalue weighted by atomic mass is 10.0. The summed E-state index contributed by atoms with van der Waals surface area (Å²) in [5.41, 5.74) is 2.49. The van der Waals surface area contributed by atoms with Crippen molar-refractivity contribution in [2.75, 3.05) is 18.0 Å². The number of nitrogens with one attached hydrogen (secondary N) is 1. The van der Waals surface area contributed by atoms with E-state index in [1.807, 2.05) is 0 Å². The van der Waals surface area contributed by atoms with Crippen LogP contribution in [0.1, 0.15) is 51.3 Å². The number of aromatic nitrogens is 1. The average molecular weight is 275 g/mol. The molecule has 0 aromatic carbocycles. The monoisotopic (exact) mass is 275 g/mol. The van der Waals surface area contributed by atoms with Crippen LogP contribution in [0.25, 0.3) is 0 Å². The first-order valence-corrected chi connectivity index (χ1v) is 8.07. The van der Waals surface area contributed by atoms with Crippen molar-refractivity contribution in [3.63, 3.8) is 0 Å². The van der Waals surface area contributed by atoms with Gasteiger partial charge in [0.25, 0.3) is 0 Å². The van der Waals surface area contributed by atoms with E-state index in [2.05, 4.69) is 50.0 Å². The minimum Gasteiger partial charge on any atom is -0.353 e. The summed E-state index contributed by atoms with van der Waals surface area (Å²) in [5.74, 6) is 1.86. The molecule has 2 rings (SSSR count). The normalized spacial score (nSPS) is 19.1. The van der Waals surface area contributed by atoms with E-state index in [1.165, 1.54) is 30.5 Å². The maximum Gasteiger partial charge on any atom is 0.129 e. The van der Waals surface area contributed by atoms with Gasteiger partial charge in [-0.25, -0.2) is 4.98 Å². The summed E-state index contributed by atoms with van der Waals surface area (Å²) in [7, 11) is 0. The SMILES string of the molecule is CCCNCc1ccc(N2CCCC2C(C)C)nc1C. The summed E-state index contributed by atoms with van der Waals surface area (Å²) >= 11 is 0. The van der Waals surface area contributed by atoms with Gasteiger partial charge in [0.15, 0.2) is 0 Å². The zero-order valence-electron chi connectivity index (χ0n) is 13.4. The fourth-order valence-corrected chi connectivity index (χ4v) is 3.09. The lowest BCUT2D eigenvalue weighted by Crippen LogP contribution is -2.34. The summed E-state index contributed by atoms with van der Waals surface area (Å²) < 4.78 is 0. The first kappa shape index (κ1) is 15.3. The van der Waals surface area contributed by atoms with Crippen LogP contribution in [-0.4, -0.2) is 24.1 Å². The van der Waals surface area contributed by atoms with E-state index in [9.17, 15) is 0 Å². The quantitative estimate of drug-likeness (QED) is 0.805. The first-order valence-electron chi connectivity index (χ1n) is 8.07. The van der Waals surface area contributed by atoms with E-state index >= 15 is 0 Å². The molecule has 1 fully saturated rings. The van der Waals surface area contributed by atoms with Gasteiger partial charge in [0.05, 0.1) is 0 Å². The molecule has 3 heteroatoms. The van der Waals surface area contributed by atoms with Gasteiger partial charge in [0.1, 0.15) is 5.82 Å². The number of hydrogen-bond donors (Lipinski definition) is 1. The number of rotatable bonds is 6. The molecule has 1 atom stereocenters. The summed E-state index contributed by atoms with van der Waals surface area (Å²) in [4.78, 5) is 7.35. The molecule has 1 aliphatic rings. The number of pyridine rings is 1. The van der Waals surface area contributed by atoms with E-state index in [4.69, 9.17) is 4.98 Å². The highest BCUT2D eigenvalue weighted by Gasteiger charge is 2.28. The summed E-state index contributed by atoms with van der Waals surface area (Å²) in [6, 6.07) is 5.11. The van der Waals surface area contributed by atoms with Gasteiger partial charge < -0.3 is 10.2 Å². The maximum absolute atomic E-state index is 4.85. The summed E-state index contributed by atoms with van der Waals surface area (Å²) in [5, 5.41) is 3.45. The van der Waals surface area contributed by atoms with Crippen molar-refractivity contribution in [1.82, 2.24) is 10.3 Å². The fraction of sp³-hybridized carbons (Fsp3) is 0.706. The molecule has 2 heterocycles. The molecule has 1 N–H and O–H groups in total. The van der Waals surface area contributed by atoms with Gasteiger partial charge in [-0.15, -0.1) is 0 Å². The summed E-state index contributed by atoms with van der Waals surface area (Å²) in [6.45, 7) is 12.1. The van der Waals surface area contributed by atoms with Crippen LogP contribution in [0.2, 0.25) is 0 Å². The van der Waals surface area contributed by atoms with Crippen molar-refractivity contribution in [3.8, 4) is 0 Å². The molecule has 0 bridgehead atoms. The molecule has 1 aromatic heterocycles. The van der Waals surface area contributed by atoms with Crippen LogP contribution >= 0.6 is 0 Å². The van der Waals surface area contributed by atoms with Gasteiger partial charge in [-0.2, -0.15) is 0 Å². The van der Waals surface area contributed by atoms with Crippen molar-refractivity contribution >= 4 is 5.82 Å². The van der Waals surface area contributed by atoms with Crippen LogP contribution in [0.15, 0.2) is 12.1 Å². The van der Waals surface area contributed by atoms with Gasteiger partial charge in [0, 0.05) is 24.8 Å². The molecule has 1 aliphatic heterocycles. The highest BCUT2D eigenvalue weighted by atomic mass is 15.2. The standard InChI is InChI=1S/C17H29N3/c1-5-10-18-12-15-8-9-17(19-14(15)4)20-11-6-7-16(20)13(2)3/h8-9,13,16,18H,5-7,10-12H2,1-4H3. The predicted octanol–water partition coefficient (Wildman–Crippen LogP) is 3.51. The number of hydrogen-bond acceptors (Lipinski definition) is 3. The van der Waals surface area contributed by atoms with Crippen LogP contribution in [0.3, 0.4) is 0 Å². The third-order valence-corrected chi connectivity index (χ3v) is 4.29. The van der Waals surface area contributed by atoms with Crippen molar-refractivity contribution in [2.24, 2.45) is 5.92 Å². The third kappa shape index (κ3) is 3.51. The number of nitrogens with zero attached hydrogens (tertiary/aromatic N) is 2. The zero-order chi connectivity index (χ0) is 14.5. The molecule has 0 saturated carbocycles. The van der Waals surface area contributed by atoms with Crippen molar-refractivity contribution in [2.45, 2.75) is 59.5 Å². The van der Waals surface area contributed by atoms with E-state index in [0.29, 0.717) is 12.0 Å². The summed E-state index contributed by atoms with van der Waals surface area (Å²) in [6.07, 6.45) is 3.77. The van der Waals surface area contributed by atoms with Gasteiger partial charge in [-0.1, -0.05) is 26.8 Å². The Morgan fingerprint density at radius 2 is 2.20 bits per heavy atom. The smallest absolute Gasteiger partial charge is 0.129 e. The number of anilines is 1. The Morgan fingerprint density at radius 3 is 2.85 bits per heavy atom. The lowest BCUT2D eigenvalue weighted by Gasteiger charge is -2.29. The molecule has 1 unspecified atom stereocenters. The first-order chi connectivity index (χ1) is 9.63. The Morgan fingerprint density at radius 1 is 1.40 bits per heavy atom. The Kier molecular flexibility index (Phi) is 5.41. The van der Waals surface area contributed by atoms with Crippen LogP contribution in [0.5, 0.6) is 0 Å². The minimum absolute atomic E-state index is 0.658. The number of aryl methyl sites for hydroxylation is 1. The molecule has 0 radical (unpaired) electrons. The second kappa shape index (κ2) is 7.07. The van der Waals surface area contributed by atoms with E-state index in [0.717, 1.165) is 25.5 Å². The van der Waals surface area contributed by atoms with Crippen LogP contribution in [0, 0.1) is 12.8 Å². The van der Waals surface area contributed by atoms with Crippen LogP contribution in [0.4, 0.5) is 5.82 Å².